The number of fused-ring (bicyclic) bond motifs is 1. The molecule has 3 aromatic carbocycles. The molecule has 6 heteroatoms. The number of aromatic nitrogens is 1. The van der Waals surface area contributed by atoms with Crippen LogP contribution >= 0.6 is 0 Å². The minimum absolute atomic E-state index is 0.0670. The number of aliphatic carboxylic acids is 1. The number of benzene rings is 3. The van der Waals surface area contributed by atoms with Gasteiger partial charge in [0.2, 0.25) is 0 Å². The number of carboxylic acid groups (broad SMARTS) is 1. The third-order valence-corrected chi connectivity index (χ3v) is 8.36. The van der Waals surface area contributed by atoms with Gasteiger partial charge in [0.15, 0.2) is 0 Å². The van der Waals surface area contributed by atoms with E-state index >= 15 is 0 Å². The van der Waals surface area contributed by atoms with E-state index in [0.29, 0.717) is 11.7 Å². The number of likely N-dealkylation sites (N-methyl/N-ethyl adjacent to an activating group) is 1. The van der Waals surface area contributed by atoms with E-state index < -0.39 is 17.9 Å². The molecular weight excluding hydrogens is 524 g/mol. The fourth-order valence-corrected chi connectivity index (χ4v) is 5.82. The Labute approximate surface area is 248 Å². The normalized spacial score (nSPS) is 14.6. The number of hydrogen-bond acceptors (Lipinski definition) is 4. The van der Waals surface area contributed by atoms with Gasteiger partial charge in [-0.3, -0.25) is 4.79 Å². The summed E-state index contributed by atoms with van der Waals surface area (Å²) in [6, 6.07) is 24.2. The number of pyridine rings is 1. The zero-order valence-electron chi connectivity index (χ0n) is 25.0. The van der Waals surface area contributed by atoms with Gasteiger partial charge >= 0.3 is 5.97 Å². The maximum atomic E-state index is 13.7. The number of nitrogens with zero attached hydrogens (tertiary/aromatic N) is 2. The van der Waals surface area contributed by atoms with Crippen molar-refractivity contribution in [1.29, 1.82) is 0 Å². The molecule has 218 valence electrons. The lowest BCUT2D eigenvalue weighted by molar-refractivity contribution is -0.141. The summed E-state index contributed by atoms with van der Waals surface area (Å²) in [6.07, 6.45) is 5.71. The van der Waals surface area contributed by atoms with Crippen molar-refractivity contribution in [3.05, 3.63) is 101 Å². The average molecular weight is 565 g/mol. The molecule has 42 heavy (non-hydrogen) atoms. The standard InChI is InChI=1S/C36H40N2O4/c1-36(2,3)27-15-18-28(19-16-27)42-29-17-14-26-22-32(37-31(30(26)23-29)20-24-12-8-9-13-24)34(39)38(4)33(35(40)41)21-25-10-6-5-7-11-25/h5-7,10-11,14-19,22-24,33H,8-9,12-13,20-21H2,1-4H3,(H,40,41)/t33-/m0/s1. The monoisotopic (exact) mass is 564 g/mol. The van der Waals surface area contributed by atoms with Crippen LogP contribution in [0.5, 0.6) is 11.5 Å². The molecule has 1 heterocycles. The quantitative estimate of drug-likeness (QED) is 0.224. The van der Waals surface area contributed by atoms with Gasteiger partial charge in [0, 0.05) is 24.5 Å². The van der Waals surface area contributed by atoms with E-state index in [1.807, 2.05) is 60.7 Å². The maximum Gasteiger partial charge on any atom is 0.326 e. The second-order valence-corrected chi connectivity index (χ2v) is 12.5. The zero-order valence-corrected chi connectivity index (χ0v) is 25.0. The van der Waals surface area contributed by atoms with Gasteiger partial charge in [-0.1, -0.05) is 95.0 Å². The van der Waals surface area contributed by atoms with Crippen LogP contribution in [-0.4, -0.2) is 40.0 Å². The largest absolute Gasteiger partial charge is 0.480 e. The van der Waals surface area contributed by atoms with Crippen LogP contribution in [0.3, 0.4) is 0 Å². The smallest absolute Gasteiger partial charge is 0.326 e. The van der Waals surface area contributed by atoms with Crippen molar-refractivity contribution in [2.75, 3.05) is 7.05 Å². The highest BCUT2D eigenvalue weighted by molar-refractivity contribution is 5.99. The Morgan fingerprint density at radius 2 is 1.62 bits per heavy atom. The Bertz CT molecular complexity index is 1550. The van der Waals surface area contributed by atoms with Gasteiger partial charge in [-0.15, -0.1) is 0 Å². The highest BCUT2D eigenvalue weighted by Crippen LogP contribution is 2.33. The number of ether oxygens (including phenoxy) is 1. The van der Waals surface area contributed by atoms with Gasteiger partial charge in [-0.05, 0) is 64.6 Å². The summed E-state index contributed by atoms with van der Waals surface area (Å²) in [7, 11) is 1.55. The Balaban J connectivity index is 1.45. The second-order valence-electron chi connectivity index (χ2n) is 12.5. The van der Waals surface area contributed by atoms with E-state index in [2.05, 4.69) is 32.9 Å². The summed E-state index contributed by atoms with van der Waals surface area (Å²) in [5, 5.41) is 11.8. The lowest BCUT2D eigenvalue weighted by Gasteiger charge is -2.25. The van der Waals surface area contributed by atoms with E-state index in [4.69, 9.17) is 9.72 Å². The van der Waals surface area contributed by atoms with Crippen LogP contribution in [0, 0.1) is 5.92 Å². The summed E-state index contributed by atoms with van der Waals surface area (Å²) in [6.45, 7) is 6.56. The molecule has 4 aromatic rings. The van der Waals surface area contributed by atoms with Crippen LogP contribution in [0.2, 0.25) is 0 Å². The minimum Gasteiger partial charge on any atom is -0.480 e. The van der Waals surface area contributed by atoms with Gasteiger partial charge in [0.25, 0.3) is 5.91 Å². The Morgan fingerprint density at radius 1 is 0.952 bits per heavy atom. The fourth-order valence-electron chi connectivity index (χ4n) is 5.82. The summed E-state index contributed by atoms with van der Waals surface area (Å²) in [5.41, 5.74) is 3.30. The highest BCUT2D eigenvalue weighted by Gasteiger charge is 2.29. The van der Waals surface area contributed by atoms with Crippen molar-refractivity contribution in [3.63, 3.8) is 0 Å². The highest BCUT2D eigenvalue weighted by atomic mass is 16.5. The van der Waals surface area contributed by atoms with E-state index in [1.165, 1.54) is 23.3 Å². The molecule has 1 amide bonds. The topological polar surface area (TPSA) is 79.7 Å². The first-order valence-corrected chi connectivity index (χ1v) is 14.8. The Morgan fingerprint density at radius 3 is 2.26 bits per heavy atom. The van der Waals surface area contributed by atoms with Crippen molar-refractivity contribution in [2.45, 2.75) is 70.8 Å². The third-order valence-electron chi connectivity index (χ3n) is 8.36. The molecule has 1 aromatic heterocycles. The predicted octanol–water partition coefficient (Wildman–Crippen LogP) is 7.83. The van der Waals surface area contributed by atoms with Gasteiger partial charge in [-0.25, -0.2) is 9.78 Å². The zero-order chi connectivity index (χ0) is 29.9. The Hall–Kier alpha value is -4.19. The molecule has 1 atom stereocenters. The molecule has 1 N–H and O–H groups in total. The van der Waals surface area contributed by atoms with Crippen LogP contribution in [0.4, 0.5) is 0 Å². The first-order chi connectivity index (χ1) is 20.1. The van der Waals surface area contributed by atoms with Crippen LogP contribution < -0.4 is 4.74 Å². The molecule has 0 unspecified atom stereocenters. The molecule has 0 saturated heterocycles. The number of carboxylic acids is 1. The first-order valence-electron chi connectivity index (χ1n) is 14.8. The summed E-state index contributed by atoms with van der Waals surface area (Å²) < 4.78 is 6.24. The molecule has 1 saturated carbocycles. The molecule has 0 spiro atoms. The van der Waals surface area contributed by atoms with Crippen molar-refractivity contribution >= 4 is 22.6 Å². The molecular formula is C36H40N2O4. The molecule has 0 radical (unpaired) electrons. The summed E-state index contributed by atoms with van der Waals surface area (Å²) in [4.78, 5) is 32.1. The molecule has 6 nitrogen and oxygen atoms in total. The van der Waals surface area contributed by atoms with Crippen LogP contribution in [0.15, 0.2) is 78.9 Å². The van der Waals surface area contributed by atoms with Gasteiger partial charge in [-0.2, -0.15) is 0 Å². The van der Waals surface area contributed by atoms with Gasteiger partial charge < -0.3 is 14.7 Å². The molecule has 0 aliphatic heterocycles. The summed E-state index contributed by atoms with van der Waals surface area (Å²) in [5.74, 6) is 0.555. The maximum absolute atomic E-state index is 13.7. The number of carbonyl (C=O) groups is 2. The second kappa shape index (κ2) is 12.4. The molecule has 1 aliphatic rings. The first kappa shape index (κ1) is 29.3. The average Bonchev–Trinajstić information content (AvgIpc) is 3.48. The molecule has 0 bridgehead atoms. The van der Waals surface area contributed by atoms with E-state index in [1.54, 1.807) is 13.1 Å². The van der Waals surface area contributed by atoms with Crippen LogP contribution in [0.1, 0.15) is 73.8 Å². The van der Waals surface area contributed by atoms with Gasteiger partial charge in [0.05, 0.1) is 0 Å². The van der Waals surface area contributed by atoms with Crippen molar-refractivity contribution in [3.8, 4) is 11.5 Å². The minimum atomic E-state index is -1.04. The lowest BCUT2D eigenvalue weighted by Crippen LogP contribution is -2.44. The van der Waals surface area contributed by atoms with E-state index in [9.17, 15) is 14.7 Å². The van der Waals surface area contributed by atoms with Crippen molar-refractivity contribution < 1.29 is 19.4 Å². The van der Waals surface area contributed by atoms with Crippen molar-refractivity contribution in [1.82, 2.24) is 9.88 Å². The SMILES string of the molecule is CN(C(=O)c1cc2ccc(Oc3ccc(C(C)(C)C)cc3)cc2c(CC2CCCC2)n1)[C@@H](Cc1ccccc1)C(=O)O. The molecule has 1 aliphatic carbocycles. The predicted molar refractivity (Wildman–Crippen MR) is 166 cm³/mol. The number of amides is 1. The van der Waals surface area contributed by atoms with E-state index in [0.717, 1.165) is 47.0 Å². The lowest BCUT2D eigenvalue weighted by atomic mass is 9.87. The fraction of sp³-hybridized carbons (Fsp3) is 0.361. The number of hydrogen-bond donors (Lipinski definition) is 1. The summed E-state index contributed by atoms with van der Waals surface area (Å²) >= 11 is 0. The number of carbonyl (C=O) groups excluding carboxylic acids is 1. The Kier molecular flexibility index (Phi) is 8.62. The van der Waals surface area contributed by atoms with Gasteiger partial charge in [0.1, 0.15) is 23.2 Å². The molecule has 1 fully saturated rings. The third kappa shape index (κ3) is 6.81. The van der Waals surface area contributed by atoms with Crippen molar-refractivity contribution in [2.24, 2.45) is 5.92 Å². The molecule has 5 rings (SSSR count). The van der Waals surface area contributed by atoms with Crippen LogP contribution in [-0.2, 0) is 23.1 Å². The van der Waals surface area contributed by atoms with Crippen LogP contribution in [0.25, 0.3) is 10.8 Å². The number of rotatable bonds is 9. The van der Waals surface area contributed by atoms with E-state index in [-0.39, 0.29) is 17.5 Å².